The van der Waals surface area contributed by atoms with Gasteiger partial charge in [-0.15, -0.1) is 0 Å². The Balaban J connectivity index is 1.43. The molecule has 1 aliphatic carbocycles. The summed E-state index contributed by atoms with van der Waals surface area (Å²) in [5, 5.41) is 3.06. The highest BCUT2D eigenvalue weighted by Crippen LogP contribution is 2.24. The van der Waals surface area contributed by atoms with E-state index in [9.17, 15) is 4.79 Å². The van der Waals surface area contributed by atoms with Gasteiger partial charge < -0.3 is 10.1 Å². The molecular weight excluding hydrogens is 326 g/mol. The maximum Gasteiger partial charge on any atom is 0.407 e. The lowest BCUT2D eigenvalue weighted by Crippen LogP contribution is -2.53. The van der Waals surface area contributed by atoms with Crippen LogP contribution in [0.3, 0.4) is 0 Å². The fraction of sp³-hybridized carbons (Fsp3) is 0.667. The van der Waals surface area contributed by atoms with Gasteiger partial charge in [0.25, 0.3) is 0 Å². The number of nitrogens with zero attached hydrogens (tertiary/aromatic N) is 2. The first kappa shape index (κ1) is 19.2. The van der Waals surface area contributed by atoms with Crippen LogP contribution in [0.25, 0.3) is 0 Å². The van der Waals surface area contributed by atoms with E-state index in [4.69, 9.17) is 4.74 Å². The maximum absolute atomic E-state index is 11.9. The van der Waals surface area contributed by atoms with Gasteiger partial charge >= 0.3 is 6.09 Å². The minimum atomic E-state index is -0.265. The van der Waals surface area contributed by atoms with E-state index in [-0.39, 0.29) is 18.2 Å². The van der Waals surface area contributed by atoms with Gasteiger partial charge in [-0.3, -0.25) is 9.80 Å². The Morgan fingerprint density at radius 1 is 1.15 bits per heavy atom. The van der Waals surface area contributed by atoms with E-state index in [1.807, 2.05) is 13.8 Å². The molecule has 2 aliphatic rings. The van der Waals surface area contributed by atoms with E-state index in [0.29, 0.717) is 6.04 Å². The lowest BCUT2D eigenvalue weighted by atomic mass is 9.89. The molecule has 1 saturated heterocycles. The molecule has 2 fully saturated rings. The summed E-state index contributed by atoms with van der Waals surface area (Å²) in [5.41, 5.74) is 1.39. The molecule has 0 aromatic heterocycles. The second-order valence-corrected chi connectivity index (χ2v) is 7.91. The number of carbonyl (C=O) groups is 1. The highest BCUT2D eigenvalue weighted by Gasteiger charge is 2.30. The second-order valence-electron chi connectivity index (χ2n) is 7.91. The summed E-state index contributed by atoms with van der Waals surface area (Å²) in [6, 6.07) is 11.6. The molecule has 1 aromatic rings. The normalized spacial score (nSPS) is 25.2. The third kappa shape index (κ3) is 5.71. The van der Waals surface area contributed by atoms with Crippen molar-refractivity contribution in [1.82, 2.24) is 15.1 Å². The highest BCUT2D eigenvalue weighted by atomic mass is 16.6. The summed E-state index contributed by atoms with van der Waals surface area (Å²) in [6.45, 7) is 9.32. The quantitative estimate of drug-likeness (QED) is 0.876. The van der Waals surface area contributed by atoms with Crippen LogP contribution in [0.5, 0.6) is 0 Å². The Labute approximate surface area is 157 Å². The summed E-state index contributed by atoms with van der Waals surface area (Å²) in [4.78, 5) is 17.0. The number of ether oxygens (including phenoxy) is 1. The number of nitrogens with one attached hydrogen (secondary N) is 1. The molecule has 2 atom stereocenters. The first-order valence-corrected chi connectivity index (χ1v) is 10.1. The number of piperazine rings is 1. The van der Waals surface area contributed by atoms with Crippen molar-refractivity contribution in [3.8, 4) is 0 Å². The highest BCUT2D eigenvalue weighted by molar-refractivity contribution is 5.67. The van der Waals surface area contributed by atoms with Crippen molar-refractivity contribution in [3.05, 3.63) is 35.9 Å². The predicted octanol–water partition coefficient (Wildman–Crippen LogP) is 3.25. The predicted molar refractivity (Wildman–Crippen MR) is 104 cm³/mol. The SMILES string of the molecule is CC(C)OC(=O)NC1CCC[C@H](N2CCN(Cc3ccccc3)CC2)C1. The summed E-state index contributed by atoms with van der Waals surface area (Å²) >= 11 is 0. The Morgan fingerprint density at radius 2 is 1.88 bits per heavy atom. The molecule has 1 unspecified atom stereocenters. The number of carbonyl (C=O) groups excluding carboxylic acids is 1. The Bertz CT molecular complexity index is 556. The van der Waals surface area contributed by atoms with Gasteiger partial charge in [-0.2, -0.15) is 0 Å². The van der Waals surface area contributed by atoms with Crippen molar-refractivity contribution in [1.29, 1.82) is 0 Å². The zero-order valence-electron chi connectivity index (χ0n) is 16.2. The molecule has 3 rings (SSSR count). The number of rotatable bonds is 5. The van der Waals surface area contributed by atoms with Crippen LogP contribution >= 0.6 is 0 Å². The zero-order chi connectivity index (χ0) is 18.4. The number of amides is 1. The average molecular weight is 360 g/mol. The number of alkyl carbamates (subject to hydrolysis) is 1. The number of hydrogen-bond donors (Lipinski definition) is 1. The standard InChI is InChI=1S/C21H33N3O2/c1-17(2)26-21(25)22-19-9-6-10-20(15-19)24-13-11-23(12-14-24)16-18-7-4-3-5-8-18/h3-5,7-8,17,19-20H,6,9-16H2,1-2H3,(H,22,25)/t19?,20-/m0/s1. The summed E-state index contributed by atoms with van der Waals surface area (Å²) < 4.78 is 5.23. The van der Waals surface area contributed by atoms with Gasteiger partial charge in [-0.1, -0.05) is 30.3 Å². The van der Waals surface area contributed by atoms with Crippen molar-refractivity contribution in [2.45, 2.75) is 64.3 Å². The van der Waals surface area contributed by atoms with Crippen LogP contribution in [0.15, 0.2) is 30.3 Å². The summed E-state index contributed by atoms with van der Waals surface area (Å²) in [7, 11) is 0. The first-order valence-electron chi connectivity index (χ1n) is 10.1. The first-order chi connectivity index (χ1) is 12.6. The molecule has 0 spiro atoms. The molecule has 1 aliphatic heterocycles. The third-order valence-corrected chi connectivity index (χ3v) is 5.48. The van der Waals surface area contributed by atoms with Crippen molar-refractivity contribution in [2.75, 3.05) is 26.2 Å². The molecule has 1 amide bonds. The van der Waals surface area contributed by atoms with Gasteiger partial charge in [0.2, 0.25) is 0 Å². The number of hydrogen-bond acceptors (Lipinski definition) is 4. The van der Waals surface area contributed by atoms with E-state index in [2.05, 4.69) is 45.4 Å². The average Bonchev–Trinajstić information content (AvgIpc) is 2.63. The molecule has 1 heterocycles. The van der Waals surface area contributed by atoms with Gasteiger partial charge in [0.05, 0.1) is 6.10 Å². The van der Waals surface area contributed by atoms with Gasteiger partial charge in [0.15, 0.2) is 0 Å². The van der Waals surface area contributed by atoms with Gasteiger partial charge in [0, 0.05) is 44.8 Å². The van der Waals surface area contributed by atoms with Gasteiger partial charge in [0.1, 0.15) is 0 Å². The molecule has 5 nitrogen and oxygen atoms in total. The Hall–Kier alpha value is -1.59. The summed E-state index contributed by atoms with van der Waals surface area (Å²) in [5.74, 6) is 0. The lowest BCUT2D eigenvalue weighted by Gasteiger charge is -2.42. The third-order valence-electron chi connectivity index (χ3n) is 5.48. The fourth-order valence-electron chi connectivity index (χ4n) is 4.17. The minimum absolute atomic E-state index is 0.0629. The van der Waals surface area contributed by atoms with Gasteiger partial charge in [-0.05, 0) is 45.1 Å². The molecule has 5 heteroatoms. The topological polar surface area (TPSA) is 44.8 Å². The molecule has 144 valence electrons. The smallest absolute Gasteiger partial charge is 0.407 e. The van der Waals surface area contributed by atoms with Crippen LogP contribution < -0.4 is 5.32 Å². The van der Waals surface area contributed by atoms with Crippen molar-refractivity contribution in [3.63, 3.8) is 0 Å². The monoisotopic (exact) mass is 359 g/mol. The molecule has 26 heavy (non-hydrogen) atoms. The summed E-state index contributed by atoms with van der Waals surface area (Å²) in [6.07, 6.45) is 4.21. The van der Waals surface area contributed by atoms with E-state index in [1.165, 1.54) is 18.4 Å². The molecule has 1 saturated carbocycles. The van der Waals surface area contributed by atoms with Gasteiger partial charge in [-0.25, -0.2) is 4.79 Å². The van der Waals surface area contributed by atoms with Crippen LogP contribution in [-0.2, 0) is 11.3 Å². The fourth-order valence-corrected chi connectivity index (χ4v) is 4.17. The van der Waals surface area contributed by atoms with Crippen molar-refractivity contribution in [2.24, 2.45) is 0 Å². The van der Waals surface area contributed by atoms with Crippen LogP contribution in [0.2, 0.25) is 0 Å². The molecule has 1 aromatic carbocycles. The largest absolute Gasteiger partial charge is 0.447 e. The van der Waals surface area contributed by atoms with Crippen LogP contribution in [-0.4, -0.2) is 60.3 Å². The van der Waals surface area contributed by atoms with Crippen molar-refractivity contribution >= 4 is 6.09 Å². The van der Waals surface area contributed by atoms with E-state index in [0.717, 1.165) is 45.6 Å². The molecular formula is C21H33N3O2. The van der Waals surface area contributed by atoms with E-state index in [1.54, 1.807) is 0 Å². The Kier molecular flexibility index (Phi) is 6.92. The van der Waals surface area contributed by atoms with E-state index >= 15 is 0 Å². The Morgan fingerprint density at radius 3 is 2.58 bits per heavy atom. The van der Waals surface area contributed by atoms with E-state index < -0.39 is 0 Å². The maximum atomic E-state index is 11.9. The van der Waals surface area contributed by atoms with Crippen LogP contribution in [0, 0.1) is 0 Å². The molecule has 0 radical (unpaired) electrons. The molecule has 0 bridgehead atoms. The lowest BCUT2D eigenvalue weighted by molar-refractivity contribution is 0.0651. The zero-order valence-corrected chi connectivity index (χ0v) is 16.2. The van der Waals surface area contributed by atoms with Crippen LogP contribution in [0.4, 0.5) is 4.79 Å². The molecule has 1 N–H and O–H groups in total. The second kappa shape index (κ2) is 9.38. The van der Waals surface area contributed by atoms with Crippen LogP contribution in [0.1, 0.15) is 45.1 Å². The minimum Gasteiger partial charge on any atom is -0.447 e. The number of benzene rings is 1. The van der Waals surface area contributed by atoms with Crippen molar-refractivity contribution < 1.29 is 9.53 Å².